The maximum absolute atomic E-state index is 9.75. The maximum atomic E-state index is 9.75. The summed E-state index contributed by atoms with van der Waals surface area (Å²) in [6.45, 7) is 4.45. The van der Waals surface area contributed by atoms with Crippen molar-refractivity contribution < 1.29 is 21.8 Å². The first-order valence-electron chi connectivity index (χ1n) is 4.59. The molecule has 0 saturated heterocycles. The Kier molecular flexibility index (Phi) is 5.39. The third-order valence-corrected chi connectivity index (χ3v) is 1.58. The van der Waals surface area contributed by atoms with Crippen LogP contribution in [0.1, 0.15) is 19.7 Å². The second kappa shape index (κ2) is 5.77. The molecular formula is C8H15BF4N2. The number of aromatic amines is 1. The lowest BCUT2D eigenvalue weighted by molar-refractivity contribution is -0.678. The number of nitrogens with zero attached hydrogens (tertiary/aromatic N) is 1. The summed E-state index contributed by atoms with van der Waals surface area (Å²) >= 11 is 0. The van der Waals surface area contributed by atoms with Crippen LogP contribution in [0.25, 0.3) is 0 Å². The Hall–Kier alpha value is -1.01. The Morgan fingerprint density at radius 3 is 2.07 bits per heavy atom. The van der Waals surface area contributed by atoms with Crippen molar-refractivity contribution in [2.24, 2.45) is 13.0 Å². The largest absolute Gasteiger partial charge is 0.673 e. The molecule has 1 heterocycles. The van der Waals surface area contributed by atoms with E-state index in [1.807, 2.05) is 12.4 Å². The number of nitrogens with one attached hydrogen (secondary N) is 1. The van der Waals surface area contributed by atoms with E-state index >= 15 is 0 Å². The van der Waals surface area contributed by atoms with Gasteiger partial charge in [0.25, 0.3) is 5.82 Å². The smallest absolute Gasteiger partial charge is 0.418 e. The lowest BCUT2D eigenvalue weighted by Gasteiger charge is -1.97. The van der Waals surface area contributed by atoms with Crippen molar-refractivity contribution in [3.63, 3.8) is 0 Å². The normalized spacial score (nSPS) is 11.2. The summed E-state index contributed by atoms with van der Waals surface area (Å²) in [5.41, 5.74) is 0. The first kappa shape index (κ1) is 14.0. The number of hydrogen-bond donors (Lipinski definition) is 1. The molecule has 1 aromatic rings. The quantitative estimate of drug-likeness (QED) is 0.453. The molecule has 88 valence electrons. The SMILES string of the molecule is CC(C)Cc1[nH]cc[n+]1C.F[B-](F)(F)F. The van der Waals surface area contributed by atoms with Crippen LogP contribution in [0, 0.1) is 5.92 Å². The summed E-state index contributed by atoms with van der Waals surface area (Å²) in [4.78, 5) is 3.20. The molecule has 0 bridgehead atoms. The number of H-pyrrole nitrogens is 1. The minimum atomic E-state index is -6.00. The Balaban J connectivity index is 0.000000336. The van der Waals surface area contributed by atoms with Crippen LogP contribution in [-0.2, 0) is 13.5 Å². The third kappa shape index (κ3) is 9.30. The van der Waals surface area contributed by atoms with Gasteiger partial charge in [0, 0.05) is 0 Å². The second-order valence-electron chi connectivity index (χ2n) is 3.61. The Morgan fingerprint density at radius 1 is 1.33 bits per heavy atom. The molecule has 0 fully saturated rings. The van der Waals surface area contributed by atoms with E-state index in [0.29, 0.717) is 0 Å². The Labute approximate surface area is 86.4 Å². The van der Waals surface area contributed by atoms with E-state index in [4.69, 9.17) is 0 Å². The molecule has 0 aliphatic carbocycles. The van der Waals surface area contributed by atoms with Gasteiger partial charge in [0.1, 0.15) is 12.4 Å². The number of halogens is 4. The molecule has 0 aromatic carbocycles. The fraction of sp³-hybridized carbons (Fsp3) is 0.625. The summed E-state index contributed by atoms with van der Waals surface area (Å²) in [7, 11) is -3.94. The van der Waals surface area contributed by atoms with E-state index < -0.39 is 7.25 Å². The van der Waals surface area contributed by atoms with Gasteiger partial charge >= 0.3 is 7.25 Å². The molecule has 0 unspecified atom stereocenters. The fourth-order valence-electron chi connectivity index (χ4n) is 1.03. The van der Waals surface area contributed by atoms with Crippen LogP contribution in [0.2, 0.25) is 0 Å². The maximum Gasteiger partial charge on any atom is 0.673 e. The zero-order chi connectivity index (χ0) is 12.1. The van der Waals surface area contributed by atoms with Crippen molar-refractivity contribution in [3.8, 4) is 0 Å². The standard InChI is InChI=1S/C8H14N2.BF4/c1-7(2)6-8-9-4-5-10(8)3;2-1(3,4)5/h4-5,7H,6H2,1-3H3;/q;-1/p+1. The van der Waals surface area contributed by atoms with Crippen LogP contribution in [0.4, 0.5) is 17.3 Å². The van der Waals surface area contributed by atoms with Crippen LogP contribution < -0.4 is 4.57 Å². The van der Waals surface area contributed by atoms with Gasteiger partial charge in [-0.15, -0.1) is 0 Å². The van der Waals surface area contributed by atoms with E-state index in [1.54, 1.807) is 0 Å². The average molecular weight is 226 g/mol. The third-order valence-electron chi connectivity index (χ3n) is 1.58. The molecule has 1 aromatic heterocycles. The molecule has 2 nitrogen and oxygen atoms in total. The van der Waals surface area contributed by atoms with E-state index in [-0.39, 0.29) is 0 Å². The van der Waals surface area contributed by atoms with Gasteiger partial charge in [-0.3, -0.25) is 0 Å². The summed E-state index contributed by atoms with van der Waals surface area (Å²) in [5, 5.41) is 0. The molecule has 0 aliphatic rings. The van der Waals surface area contributed by atoms with Crippen LogP contribution in [0.3, 0.4) is 0 Å². The zero-order valence-electron chi connectivity index (χ0n) is 8.98. The Morgan fingerprint density at radius 2 is 1.80 bits per heavy atom. The molecule has 0 amide bonds. The van der Waals surface area contributed by atoms with Gasteiger partial charge in [-0.05, 0) is 5.92 Å². The highest BCUT2D eigenvalue weighted by Crippen LogP contribution is 2.06. The molecule has 0 atom stereocenters. The number of hydrogen-bond acceptors (Lipinski definition) is 0. The zero-order valence-corrected chi connectivity index (χ0v) is 8.98. The first-order valence-corrected chi connectivity index (χ1v) is 4.59. The minimum Gasteiger partial charge on any atom is -0.418 e. The predicted octanol–water partition coefficient (Wildman–Crippen LogP) is 2.34. The van der Waals surface area contributed by atoms with Gasteiger partial charge in [-0.1, -0.05) is 13.8 Å². The number of aromatic nitrogens is 2. The van der Waals surface area contributed by atoms with Gasteiger partial charge < -0.3 is 17.3 Å². The van der Waals surface area contributed by atoms with Gasteiger partial charge in [-0.2, -0.15) is 0 Å². The molecule has 7 heteroatoms. The molecular weight excluding hydrogens is 211 g/mol. The lowest BCUT2D eigenvalue weighted by Crippen LogP contribution is -2.31. The van der Waals surface area contributed by atoms with Crippen molar-refractivity contribution in [3.05, 3.63) is 18.2 Å². The van der Waals surface area contributed by atoms with Gasteiger partial charge in [0.15, 0.2) is 0 Å². The van der Waals surface area contributed by atoms with E-state index in [9.17, 15) is 17.3 Å². The fourth-order valence-corrected chi connectivity index (χ4v) is 1.03. The van der Waals surface area contributed by atoms with Crippen molar-refractivity contribution in [2.45, 2.75) is 20.3 Å². The number of rotatable bonds is 2. The highest BCUT2D eigenvalue weighted by Gasteiger charge is 2.20. The molecule has 0 aliphatic heterocycles. The highest BCUT2D eigenvalue weighted by molar-refractivity contribution is 6.50. The molecule has 0 saturated carbocycles. The van der Waals surface area contributed by atoms with Crippen LogP contribution in [0.15, 0.2) is 12.4 Å². The predicted molar refractivity (Wildman–Crippen MR) is 50.7 cm³/mol. The van der Waals surface area contributed by atoms with Crippen LogP contribution in [0.5, 0.6) is 0 Å². The Bertz CT molecular complexity index is 276. The van der Waals surface area contributed by atoms with Gasteiger partial charge in [0.2, 0.25) is 0 Å². The van der Waals surface area contributed by atoms with Crippen molar-refractivity contribution in [1.29, 1.82) is 0 Å². The topological polar surface area (TPSA) is 19.7 Å². The van der Waals surface area contributed by atoms with Gasteiger partial charge in [0.05, 0.1) is 13.5 Å². The van der Waals surface area contributed by atoms with E-state index in [1.165, 1.54) is 5.82 Å². The molecule has 0 radical (unpaired) electrons. The summed E-state index contributed by atoms with van der Waals surface area (Å²) in [6.07, 6.45) is 5.14. The van der Waals surface area contributed by atoms with Crippen LogP contribution in [-0.4, -0.2) is 12.2 Å². The monoisotopic (exact) mass is 226 g/mol. The van der Waals surface area contributed by atoms with Crippen LogP contribution >= 0.6 is 0 Å². The summed E-state index contributed by atoms with van der Waals surface area (Å²) in [6, 6.07) is 0. The summed E-state index contributed by atoms with van der Waals surface area (Å²) < 4.78 is 41.1. The van der Waals surface area contributed by atoms with Crippen molar-refractivity contribution >= 4 is 7.25 Å². The number of imidazole rings is 1. The van der Waals surface area contributed by atoms with E-state index in [0.717, 1.165) is 12.3 Å². The first-order chi connectivity index (χ1) is 6.70. The molecule has 15 heavy (non-hydrogen) atoms. The minimum absolute atomic E-state index is 0.727. The molecule has 0 spiro atoms. The molecule has 1 rings (SSSR count). The molecule has 1 N–H and O–H groups in total. The highest BCUT2D eigenvalue weighted by atomic mass is 19.5. The van der Waals surface area contributed by atoms with E-state index in [2.05, 4.69) is 30.4 Å². The van der Waals surface area contributed by atoms with Gasteiger partial charge in [-0.25, -0.2) is 9.55 Å². The average Bonchev–Trinajstić information content (AvgIpc) is 2.31. The summed E-state index contributed by atoms with van der Waals surface area (Å²) in [5.74, 6) is 2.03. The van der Waals surface area contributed by atoms with Crippen molar-refractivity contribution in [2.75, 3.05) is 0 Å². The second-order valence-corrected chi connectivity index (χ2v) is 3.61. The lowest BCUT2D eigenvalue weighted by atomic mass is 10.1. The number of aryl methyl sites for hydroxylation is 1. The van der Waals surface area contributed by atoms with Crippen molar-refractivity contribution in [1.82, 2.24) is 4.98 Å².